The molecule has 3 nitrogen and oxygen atoms in total. The number of benzene rings is 2. The Labute approximate surface area is 135 Å². The molecule has 0 bridgehead atoms. The maximum Gasteiger partial charge on any atom is 0.234 e. The second kappa shape index (κ2) is 7.68. The maximum absolute atomic E-state index is 10.9. The van der Waals surface area contributed by atoms with Gasteiger partial charge in [-0.3, -0.25) is 4.55 Å². The highest BCUT2D eigenvalue weighted by Gasteiger charge is 2.05. The molecule has 22 heavy (non-hydrogen) atoms. The lowest BCUT2D eigenvalue weighted by atomic mass is 9.98. The molecule has 0 aliphatic rings. The van der Waals surface area contributed by atoms with E-state index in [1.54, 1.807) is 7.05 Å². The lowest BCUT2D eigenvalue weighted by molar-refractivity contribution is 0.450. The van der Waals surface area contributed by atoms with Crippen LogP contribution < -0.4 is 0 Å². The van der Waals surface area contributed by atoms with Crippen LogP contribution in [0.15, 0.2) is 48.5 Å². The Morgan fingerprint density at radius 1 is 1.00 bits per heavy atom. The molecule has 1 atom stereocenters. The minimum Gasteiger partial charge on any atom is -0.294 e. The van der Waals surface area contributed by atoms with Gasteiger partial charge in [-0.25, -0.2) is 8.51 Å². The van der Waals surface area contributed by atoms with E-state index in [4.69, 9.17) is 4.55 Å². The Bertz CT molecular complexity index is 621. The molecule has 2 aromatic carbocycles. The molecule has 4 heteroatoms. The fraction of sp³-hybridized carbons (Fsp3) is 0.333. The molecule has 0 fully saturated rings. The van der Waals surface area contributed by atoms with Crippen molar-refractivity contribution in [2.45, 2.75) is 26.2 Å². The largest absolute Gasteiger partial charge is 0.294 e. The van der Waals surface area contributed by atoms with Gasteiger partial charge in [0.25, 0.3) is 0 Å². The van der Waals surface area contributed by atoms with Crippen LogP contribution in [-0.4, -0.2) is 26.7 Å². The van der Waals surface area contributed by atoms with Gasteiger partial charge in [-0.1, -0.05) is 62.4 Å². The van der Waals surface area contributed by atoms with Gasteiger partial charge in [-0.05, 0) is 34.6 Å². The van der Waals surface area contributed by atoms with Gasteiger partial charge in [0, 0.05) is 13.6 Å². The predicted octanol–water partition coefficient (Wildman–Crippen LogP) is 4.09. The second-order valence-corrected chi connectivity index (χ2v) is 6.89. The fourth-order valence-electron chi connectivity index (χ4n) is 2.29. The zero-order valence-corrected chi connectivity index (χ0v) is 14.1. The first kappa shape index (κ1) is 16.9. The van der Waals surface area contributed by atoms with E-state index >= 15 is 0 Å². The summed E-state index contributed by atoms with van der Waals surface area (Å²) < 4.78 is 21.2. The zero-order chi connectivity index (χ0) is 16.1. The average molecular weight is 317 g/mol. The van der Waals surface area contributed by atoms with Crippen LogP contribution in [0, 0.1) is 0 Å². The Morgan fingerprint density at radius 3 is 1.95 bits per heavy atom. The SMILES string of the molecule is CC(C)c1ccc(-c2ccc(CCN(C)S(=O)O)cc2)cc1. The van der Waals surface area contributed by atoms with Crippen molar-refractivity contribution in [2.24, 2.45) is 0 Å². The van der Waals surface area contributed by atoms with Crippen LogP contribution in [-0.2, 0) is 17.7 Å². The van der Waals surface area contributed by atoms with Crippen LogP contribution in [0.5, 0.6) is 0 Å². The van der Waals surface area contributed by atoms with E-state index in [0.717, 1.165) is 6.42 Å². The molecule has 2 aromatic rings. The van der Waals surface area contributed by atoms with Crippen molar-refractivity contribution in [3.8, 4) is 11.1 Å². The van der Waals surface area contributed by atoms with E-state index in [1.165, 1.54) is 26.6 Å². The summed E-state index contributed by atoms with van der Waals surface area (Å²) in [6, 6.07) is 17.1. The molecule has 1 N–H and O–H groups in total. The molecule has 0 aliphatic heterocycles. The van der Waals surface area contributed by atoms with Crippen LogP contribution in [0.3, 0.4) is 0 Å². The summed E-state index contributed by atoms with van der Waals surface area (Å²) in [4.78, 5) is 0. The molecular weight excluding hydrogens is 294 g/mol. The second-order valence-electron chi connectivity index (χ2n) is 5.81. The van der Waals surface area contributed by atoms with Crippen LogP contribution in [0.25, 0.3) is 11.1 Å². The summed E-state index contributed by atoms with van der Waals surface area (Å²) in [6.45, 7) is 4.95. The number of hydrogen-bond donors (Lipinski definition) is 1. The molecule has 1 unspecified atom stereocenters. The molecule has 0 amide bonds. The highest BCUT2D eigenvalue weighted by molar-refractivity contribution is 7.76. The minimum atomic E-state index is -1.89. The van der Waals surface area contributed by atoms with Gasteiger partial charge in [-0.15, -0.1) is 0 Å². The van der Waals surface area contributed by atoms with Gasteiger partial charge in [0.05, 0.1) is 0 Å². The molecule has 0 saturated heterocycles. The van der Waals surface area contributed by atoms with Crippen LogP contribution in [0.1, 0.15) is 30.9 Å². The van der Waals surface area contributed by atoms with Crippen LogP contribution in [0.2, 0.25) is 0 Å². The summed E-state index contributed by atoms with van der Waals surface area (Å²) in [6.07, 6.45) is 0.759. The van der Waals surface area contributed by atoms with Gasteiger partial charge in [0.2, 0.25) is 11.3 Å². The van der Waals surface area contributed by atoms with Crippen LogP contribution in [0.4, 0.5) is 0 Å². The van der Waals surface area contributed by atoms with Gasteiger partial charge in [0.15, 0.2) is 0 Å². The summed E-state index contributed by atoms with van der Waals surface area (Å²) >= 11 is -1.89. The normalized spacial score (nSPS) is 12.8. The summed E-state index contributed by atoms with van der Waals surface area (Å²) in [5.41, 5.74) is 4.92. The van der Waals surface area contributed by atoms with Crippen molar-refractivity contribution >= 4 is 11.3 Å². The third-order valence-electron chi connectivity index (χ3n) is 3.85. The first-order valence-electron chi connectivity index (χ1n) is 7.48. The number of likely N-dealkylation sites (N-methyl/N-ethyl adjacent to an activating group) is 1. The van der Waals surface area contributed by atoms with Crippen molar-refractivity contribution in [3.63, 3.8) is 0 Å². The number of nitrogens with zero attached hydrogens (tertiary/aromatic N) is 1. The zero-order valence-electron chi connectivity index (χ0n) is 13.3. The van der Waals surface area contributed by atoms with Gasteiger partial charge < -0.3 is 0 Å². The Morgan fingerprint density at radius 2 is 1.50 bits per heavy atom. The number of hydrogen-bond acceptors (Lipinski definition) is 1. The van der Waals surface area contributed by atoms with Gasteiger partial charge in [-0.2, -0.15) is 0 Å². The highest BCUT2D eigenvalue weighted by Crippen LogP contribution is 2.23. The van der Waals surface area contributed by atoms with Gasteiger partial charge >= 0.3 is 0 Å². The first-order valence-corrected chi connectivity index (χ1v) is 8.55. The topological polar surface area (TPSA) is 40.5 Å². The smallest absolute Gasteiger partial charge is 0.234 e. The molecule has 0 radical (unpaired) electrons. The predicted molar refractivity (Wildman–Crippen MR) is 93.1 cm³/mol. The van der Waals surface area contributed by atoms with Crippen LogP contribution >= 0.6 is 0 Å². The molecule has 118 valence electrons. The van der Waals surface area contributed by atoms with Crippen molar-refractivity contribution in [2.75, 3.05) is 13.6 Å². The van der Waals surface area contributed by atoms with Crippen molar-refractivity contribution in [1.29, 1.82) is 0 Å². The van der Waals surface area contributed by atoms with Crippen molar-refractivity contribution < 1.29 is 8.76 Å². The standard InChI is InChI=1S/C18H23NO2S/c1-14(2)16-8-10-18(11-9-16)17-6-4-15(5-7-17)12-13-19(3)22(20)21/h4-11,14H,12-13H2,1-3H3,(H,20,21). The molecule has 0 saturated carbocycles. The summed E-state index contributed by atoms with van der Waals surface area (Å²) in [5.74, 6) is 0.547. The Hall–Kier alpha value is -1.49. The lowest BCUT2D eigenvalue weighted by Gasteiger charge is -2.11. The quantitative estimate of drug-likeness (QED) is 0.815. The maximum atomic E-state index is 10.9. The molecule has 0 aromatic heterocycles. The van der Waals surface area contributed by atoms with E-state index in [2.05, 4.69) is 62.4 Å². The van der Waals surface area contributed by atoms with E-state index in [1.807, 2.05) is 0 Å². The Balaban J connectivity index is 2.03. The molecule has 0 heterocycles. The summed E-state index contributed by atoms with van der Waals surface area (Å²) in [7, 11) is 1.64. The minimum absolute atomic E-state index is 0.547. The third-order valence-corrected chi connectivity index (χ3v) is 4.56. The van der Waals surface area contributed by atoms with Crippen molar-refractivity contribution in [3.05, 3.63) is 59.7 Å². The van der Waals surface area contributed by atoms with Gasteiger partial charge in [0.1, 0.15) is 0 Å². The van der Waals surface area contributed by atoms with Crippen molar-refractivity contribution in [1.82, 2.24) is 4.31 Å². The highest BCUT2D eigenvalue weighted by atomic mass is 32.2. The van der Waals surface area contributed by atoms with E-state index in [9.17, 15) is 4.21 Å². The van der Waals surface area contributed by atoms with E-state index < -0.39 is 11.3 Å². The summed E-state index contributed by atoms with van der Waals surface area (Å²) in [5, 5.41) is 0. The third kappa shape index (κ3) is 4.50. The number of rotatable bonds is 6. The first-order chi connectivity index (χ1) is 10.5. The lowest BCUT2D eigenvalue weighted by Crippen LogP contribution is -2.22. The van der Waals surface area contributed by atoms with E-state index in [-0.39, 0.29) is 0 Å². The molecule has 0 spiro atoms. The molecule has 0 aliphatic carbocycles. The molecule has 2 rings (SSSR count). The monoisotopic (exact) mass is 317 g/mol. The van der Waals surface area contributed by atoms with E-state index in [0.29, 0.717) is 12.5 Å². The molecular formula is C18H23NO2S. The fourth-order valence-corrected chi connectivity index (χ4v) is 2.54. The Kier molecular flexibility index (Phi) is 5.89. The average Bonchev–Trinajstić information content (AvgIpc) is 2.53.